The van der Waals surface area contributed by atoms with Crippen LogP contribution in [0, 0.1) is 0 Å². The minimum Gasteiger partial charge on any atom is -0.388 e. The van der Waals surface area contributed by atoms with E-state index >= 15 is 0 Å². The summed E-state index contributed by atoms with van der Waals surface area (Å²) in [5.74, 6) is 0. The zero-order valence-electron chi connectivity index (χ0n) is 12.3. The molecule has 0 saturated carbocycles. The highest BCUT2D eigenvalue weighted by atomic mass is 16.5. The van der Waals surface area contributed by atoms with E-state index in [-0.39, 0.29) is 0 Å². The maximum Gasteiger partial charge on any atom is 0.0869 e. The topological polar surface area (TPSA) is 44.7 Å². The first-order valence-corrected chi connectivity index (χ1v) is 6.51. The molecule has 0 fully saturated rings. The lowest BCUT2D eigenvalue weighted by molar-refractivity contribution is -0.00292. The first-order valence-electron chi connectivity index (χ1n) is 6.51. The molecule has 0 aliphatic rings. The van der Waals surface area contributed by atoms with Crippen LogP contribution >= 0.6 is 0 Å². The Bertz CT molecular complexity index is 196. The van der Waals surface area contributed by atoms with Crippen LogP contribution in [0.3, 0.4) is 0 Å². The van der Waals surface area contributed by atoms with Crippen molar-refractivity contribution in [2.75, 3.05) is 33.4 Å². The van der Waals surface area contributed by atoms with Gasteiger partial charge in [-0.2, -0.15) is 0 Å². The molecule has 0 bridgehead atoms. The molecule has 0 heterocycles. The van der Waals surface area contributed by atoms with Gasteiger partial charge in [0.2, 0.25) is 0 Å². The van der Waals surface area contributed by atoms with E-state index in [1.165, 1.54) is 0 Å². The smallest absolute Gasteiger partial charge is 0.0869 e. The van der Waals surface area contributed by atoms with Crippen molar-refractivity contribution in [1.82, 2.24) is 10.2 Å². The molecule has 2 N–H and O–H groups in total. The van der Waals surface area contributed by atoms with Gasteiger partial charge in [0, 0.05) is 32.3 Å². The van der Waals surface area contributed by atoms with Crippen LogP contribution in [0.25, 0.3) is 0 Å². The quantitative estimate of drug-likeness (QED) is 0.639. The van der Waals surface area contributed by atoms with Gasteiger partial charge in [-0.3, -0.25) is 4.90 Å². The Morgan fingerprint density at radius 3 is 2.35 bits per heavy atom. The second kappa shape index (κ2) is 8.03. The van der Waals surface area contributed by atoms with E-state index in [1.54, 1.807) is 7.11 Å². The lowest BCUT2D eigenvalue weighted by atomic mass is 10.0. The van der Waals surface area contributed by atoms with Gasteiger partial charge in [-0.15, -0.1) is 0 Å². The SMILES string of the molecule is CCN(CC(C)(O)CNC(C)C)C(C)COC. The number of hydrogen-bond acceptors (Lipinski definition) is 4. The van der Waals surface area contributed by atoms with Crippen LogP contribution in [0.5, 0.6) is 0 Å². The van der Waals surface area contributed by atoms with Gasteiger partial charge in [-0.25, -0.2) is 0 Å². The van der Waals surface area contributed by atoms with Crippen molar-refractivity contribution in [3.63, 3.8) is 0 Å². The first-order chi connectivity index (χ1) is 7.82. The van der Waals surface area contributed by atoms with E-state index < -0.39 is 5.60 Å². The molecule has 0 spiro atoms. The maximum atomic E-state index is 10.3. The van der Waals surface area contributed by atoms with Crippen molar-refractivity contribution in [1.29, 1.82) is 0 Å². The number of nitrogens with zero attached hydrogens (tertiary/aromatic N) is 1. The zero-order valence-corrected chi connectivity index (χ0v) is 12.3. The summed E-state index contributed by atoms with van der Waals surface area (Å²) < 4.78 is 5.16. The van der Waals surface area contributed by atoms with Gasteiger partial charge in [0.05, 0.1) is 12.2 Å². The summed E-state index contributed by atoms with van der Waals surface area (Å²) in [6.07, 6.45) is 0. The minimum atomic E-state index is -0.706. The maximum absolute atomic E-state index is 10.3. The molecule has 4 nitrogen and oxygen atoms in total. The molecule has 0 saturated heterocycles. The average Bonchev–Trinajstić information content (AvgIpc) is 2.23. The first kappa shape index (κ1) is 16.8. The number of aliphatic hydroxyl groups is 1. The number of hydrogen-bond donors (Lipinski definition) is 2. The molecule has 0 radical (unpaired) electrons. The van der Waals surface area contributed by atoms with E-state index in [2.05, 4.69) is 37.9 Å². The predicted molar refractivity (Wildman–Crippen MR) is 72.3 cm³/mol. The van der Waals surface area contributed by atoms with Gasteiger partial charge in [-0.05, 0) is 20.4 Å². The second-order valence-electron chi connectivity index (χ2n) is 5.40. The van der Waals surface area contributed by atoms with E-state index in [9.17, 15) is 5.11 Å². The van der Waals surface area contributed by atoms with Crippen LogP contribution in [-0.2, 0) is 4.74 Å². The Morgan fingerprint density at radius 2 is 1.94 bits per heavy atom. The van der Waals surface area contributed by atoms with Crippen molar-refractivity contribution in [2.45, 2.75) is 52.3 Å². The normalized spacial score (nSPS) is 17.5. The fourth-order valence-corrected chi connectivity index (χ4v) is 1.84. The van der Waals surface area contributed by atoms with Crippen LogP contribution in [0.1, 0.15) is 34.6 Å². The monoisotopic (exact) mass is 246 g/mol. The minimum absolute atomic E-state index is 0.329. The van der Waals surface area contributed by atoms with Crippen molar-refractivity contribution in [3.05, 3.63) is 0 Å². The summed E-state index contributed by atoms with van der Waals surface area (Å²) in [5.41, 5.74) is -0.706. The largest absolute Gasteiger partial charge is 0.388 e. The third-order valence-electron chi connectivity index (χ3n) is 2.87. The Labute approximate surface area is 106 Å². The molecule has 0 amide bonds. The molecule has 2 unspecified atom stereocenters. The van der Waals surface area contributed by atoms with Crippen LogP contribution in [0.4, 0.5) is 0 Å². The predicted octanol–water partition coefficient (Wildman–Crippen LogP) is 1.09. The Morgan fingerprint density at radius 1 is 1.35 bits per heavy atom. The van der Waals surface area contributed by atoms with Gasteiger partial charge < -0.3 is 15.2 Å². The molecular weight excluding hydrogens is 216 g/mol. The number of nitrogens with one attached hydrogen (secondary N) is 1. The molecule has 0 rings (SSSR count). The van der Waals surface area contributed by atoms with Crippen molar-refractivity contribution in [2.24, 2.45) is 0 Å². The molecule has 0 aromatic rings. The van der Waals surface area contributed by atoms with E-state index in [4.69, 9.17) is 4.74 Å². The molecule has 2 atom stereocenters. The molecule has 17 heavy (non-hydrogen) atoms. The summed E-state index contributed by atoms with van der Waals surface area (Å²) in [7, 11) is 1.71. The molecule has 104 valence electrons. The highest BCUT2D eigenvalue weighted by Gasteiger charge is 2.25. The zero-order chi connectivity index (χ0) is 13.5. The van der Waals surface area contributed by atoms with Gasteiger partial charge >= 0.3 is 0 Å². The molecule has 0 aliphatic heterocycles. The van der Waals surface area contributed by atoms with Crippen molar-refractivity contribution < 1.29 is 9.84 Å². The molecule has 0 aromatic heterocycles. The number of methoxy groups -OCH3 is 1. The lowest BCUT2D eigenvalue weighted by Crippen LogP contribution is -2.51. The third kappa shape index (κ3) is 7.71. The second-order valence-corrected chi connectivity index (χ2v) is 5.40. The number of likely N-dealkylation sites (N-methyl/N-ethyl adjacent to an activating group) is 1. The van der Waals surface area contributed by atoms with Crippen molar-refractivity contribution >= 4 is 0 Å². The van der Waals surface area contributed by atoms with E-state index in [0.717, 1.165) is 6.54 Å². The van der Waals surface area contributed by atoms with Crippen LogP contribution in [0.15, 0.2) is 0 Å². The lowest BCUT2D eigenvalue weighted by Gasteiger charge is -2.35. The Kier molecular flexibility index (Phi) is 7.96. The average molecular weight is 246 g/mol. The summed E-state index contributed by atoms with van der Waals surface area (Å²) in [5, 5.41) is 13.6. The molecule has 0 aliphatic carbocycles. The number of rotatable bonds is 9. The van der Waals surface area contributed by atoms with Crippen LogP contribution in [-0.4, -0.2) is 61.0 Å². The van der Waals surface area contributed by atoms with Gasteiger partial charge in [0.15, 0.2) is 0 Å². The van der Waals surface area contributed by atoms with Gasteiger partial charge in [0.1, 0.15) is 0 Å². The summed E-state index contributed by atoms with van der Waals surface area (Å²) in [4.78, 5) is 2.24. The van der Waals surface area contributed by atoms with Crippen LogP contribution in [0.2, 0.25) is 0 Å². The van der Waals surface area contributed by atoms with Crippen LogP contribution < -0.4 is 5.32 Å². The fraction of sp³-hybridized carbons (Fsp3) is 1.00. The molecular formula is C13H30N2O2. The number of ether oxygens (including phenoxy) is 1. The summed E-state index contributed by atoms with van der Waals surface area (Å²) in [6.45, 7) is 13.2. The highest BCUT2D eigenvalue weighted by Crippen LogP contribution is 2.09. The van der Waals surface area contributed by atoms with E-state index in [0.29, 0.717) is 31.8 Å². The summed E-state index contributed by atoms with van der Waals surface area (Å²) in [6, 6.07) is 0.725. The Balaban J connectivity index is 4.23. The summed E-state index contributed by atoms with van der Waals surface area (Å²) >= 11 is 0. The highest BCUT2D eigenvalue weighted by molar-refractivity contribution is 4.82. The van der Waals surface area contributed by atoms with Crippen molar-refractivity contribution in [3.8, 4) is 0 Å². The van der Waals surface area contributed by atoms with Gasteiger partial charge in [0.25, 0.3) is 0 Å². The fourth-order valence-electron chi connectivity index (χ4n) is 1.84. The standard InChI is InChI=1S/C13H30N2O2/c1-7-15(12(4)8-17-6)10-13(5,16)9-14-11(2)3/h11-12,14,16H,7-10H2,1-6H3. The van der Waals surface area contributed by atoms with E-state index in [1.807, 2.05) is 6.92 Å². The van der Waals surface area contributed by atoms with Gasteiger partial charge in [-0.1, -0.05) is 20.8 Å². The molecule has 4 heteroatoms. The Hall–Kier alpha value is -0.160. The third-order valence-corrected chi connectivity index (χ3v) is 2.87. The molecule has 0 aromatic carbocycles.